The third-order valence-corrected chi connectivity index (χ3v) is 6.09. The van der Waals surface area contributed by atoms with Gasteiger partial charge >= 0.3 is 6.18 Å². The lowest BCUT2D eigenvalue weighted by atomic mass is 9.81. The third kappa shape index (κ3) is 3.57. The zero-order valence-electron chi connectivity index (χ0n) is 17.2. The Morgan fingerprint density at radius 3 is 2.75 bits per heavy atom. The second-order valence-electron chi connectivity index (χ2n) is 8.09. The van der Waals surface area contributed by atoms with E-state index in [1.165, 1.54) is 17.1 Å². The molecule has 0 N–H and O–H groups in total. The van der Waals surface area contributed by atoms with Gasteiger partial charge in [-0.3, -0.25) is 4.79 Å². The monoisotopic (exact) mass is 443 g/mol. The van der Waals surface area contributed by atoms with Crippen LogP contribution in [0.1, 0.15) is 28.0 Å². The molecule has 1 amide bonds. The summed E-state index contributed by atoms with van der Waals surface area (Å²) >= 11 is 0. The quantitative estimate of drug-likeness (QED) is 0.619. The summed E-state index contributed by atoms with van der Waals surface area (Å²) < 4.78 is 40.8. The lowest BCUT2D eigenvalue weighted by molar-refractivity contribution is -0.137. The van der Waals surface area contributed by atoms with Crippen molar-refractivity contribution in [3.05, 3.63) is 59.7 Å². The number of halogens is 3. The molecule has 0 saturated carbocycles. The number of nitrogens with zero attached hydrogens (tertiary/aromatic N) is 7. The molecule has 3 aromatic heterocycles. The summed E-state index contributed by atoms with van der Waals surface area (Å²) in [6.07, 6.45) is 0.674. The first kappa shape index (κ1) is 20.4. The summed E-state index contributed by atoms with van der Waals surface area (Å²) in [5, 5.41) is 7.76. The molecule has 2 fully saturated rings. The number of carbonyl (C=O) groups excluding carboxylic acids is 1. The van der Waals surface area contributed by atoms with Gasteiger partial charge in [-0.25, -0.2) is 14.6 Å². The summed E-state index contributed by atoms with van der Waals surface area (Å²) in [4.78, 5) is 25.6. The second-order valence-corrected chi connectivity index (χ2v) is 8.09. The van der Waals surface area contributed by atoms with Gasteiger partial charge in [-0.05, 0) is 37.6 Å². The van der Waals surface area contributed by atoms with Crippen molar-refractivity contribution >= 4 is 11.7 Å². The molecule has 32 heavy (non-hydrogen) atoms. The van der Waals surface area contributed by atoms with E-state index in [1.807, 2.05) is 11.8 Å². The zero-order chi connectivity index (χ0) is 22.5. The molecule has 5 heterocycles. The molecular weight excluding hydrogens is 423 g/mol. The van der Waals surface area contributed by atoms with Crippen LogP contribution in [0.4, 0.5) is 19.0 Å². The Kier molecular flexibility index (Phi) is 4.83. The fraction of sp³-hybridized carbons (Fsp3) is 0.381. The summed E-state index contributed by atoms with van der Waals surface area (Å²) in [5.74, 6) is 0.818. The number of aryl methyl sites for hydroxylation is 1. The normalized spacial score (nSPS) is 20.6. The highest BCUT2D eigenvalue weighted by Crippen LogP contribution is 2.37. The van der Waals surface area contributed by atoms with E-state index in [-0.39, 0.29) is 17.8 Å². The molecule has 0 aliphatic carbocycles. The van der Waals surface area contributed by atoms with Gasteiger partial charge in [0.15, 0.2) is 5.82 Å². The SMILES string of the molecule is Cc1ccc(C(=O)N2CC3CCN(c4cc(C(F)(F)F)ccn4)CC32)c(-n2ccnn2)n1. The Balaban J connectivity index is 1.38. The van der Waals surface area contributed by atoms with Crippen molar-refractivity contribution in [1.82, 2.24) is 29.9 Å². The van der Waals surface area contributed by atoms with Crippen molar-refractivity contribution in [3.63, 3.8) is 0 Å². The van der Waals surface area contributed by atoms with Gasteiger partial charge in [0.05, 0.1) is 29.6 Å². The molecule has 2 saturated heterocycles. The maximum atomic E-state index is 13.4. The summed E-state index contributed by atoms with van der Waals surface area (Å²) in [6, 6.07) is 5.43. The number of rotatable bonds is 3. The molecule has 0 bridgehead atoms. The number of hydrogen-bond donors (Lipinski definition) is 0. The Hall–Kier alpha value is -3.50. The highest BCUT2D eigenvalue weighted by atomic mass is 19.4. The Labute approximate surface area is 181 Å². The highest BCUT2D eigenvalue weighted by molar-refractivity contribution is 5.98. The molecule has 0 aromatic carbocycles. The fourth-order valence-electron chi connectivity index (χ4n) is 4.37. The van der Waals surface area contributed by atoms with Gasteiger partial charge in [0.1, 0.15) is 5.82 Å². The van der Waals surface area contributed by atoms with Crippen LogP contribution in [0.25, 0.3) is 5.82 Å². The van der Waals surface area contributed by atoms with Crippen LogP contribution in [0.15, 0.2) is 42.9 Å². The lowest BCUT2D eigenvalue weighted by Crippen LogP contribution is -2.66. The van der Waals surface area contributed by atoms with Crippen LogP contribution in [0.3, 0.4) is 0 Å². The molecule has 8 nitrogen and oxygen atoms in total. The Morgan fingerprint density at radius 2 is 2.00 bits per heavy atom. The molecule has 2 atom stereocenters. The van der Waals surface area contributed by atoms with E-state index in [0.29, 0.717) is 36.9 Å². The number of aromatic nitrogens is 5. The summed E-state index contributed by atoms with van der Waals surface area (Å²) in [7, 11) is 0. The Bertz CT molecular complexity index is 1150. The molecular formula is C21H20F3N7O. The number of pyridine rings is 2. The van der Waals surface area contributed by atoms with E-state index >= 15 is 0 Å². The Morgan fingerprint density at radius 1 is 1.16 bits per heavy atom. The van der Waals surface area contributed by atoms with Crippen LogP contribution in [0, 0.1) is 12.8 Å². The molecule has 11 heteroatoms. The average Bonchev–Trinajstić information content (AvgIpc) is 3.29. The molecule has 0 spiro atoms. The number of alkyl halides is 3. The van der Waals surface area contributed by atoms with E-state index in [1.54, 1.807) is 23.2 Å². The van der Waals surface area contributed by atoms with Crippen molar-refractivity contribution in [2.45, 2.75) is 25.6 Å². The number of amides is 1. The standard InChI is InChI=1S/C21H20F3N7O/c1-13-2-3-16(19(27-13)31-9-7-26-28-31)20(32)30-11-14-5-8-29(12-17(14)30)18-10-15(4-6-25-18)21(22,23)24/h2-4,6-7,9-10,14,17H,5,8,11-12H2,1H3. The smallest absolute Gasteiger partial charge is 0.355 e. The van der Waals surface area contributed by atoms with Crippen molar-refractivity contribution in [2.75, 3.05) is 24.5 Å². The minimum atomic E-state index is -4.43. The topological polar surface area (TPSA) is 80.0 Å². The van der Waals surface area contributed by atoms with Gasteiger partial charge in [-0.2, -0.15) is 13.2 Å². The molecule has 166 valence electrons. The van der Waals surface area contributed by atoms with E-state index in [4.69, 9.17) is 0 Å². The molecule has 2 aliphatic rings. The van der Waals surface area contributed by atoms with E-state index in [0.717, 1.165) is 24.2 Å². The number of anilines is 1. The van der Waals surface area contributed by atoms with Crippen molar-refractivity contribution in [1.29, 1.82) is 0 Å². The molecule has 2 aliphatic heterocycles. The minimum Gasteiger partial charge on any atom is -0.355 e. The second kappa shape index (κ2) is 7.57. The molecule has 0 radical (unpaired) electrons. The van der Waals surface area contributed by atoms with Crippen molar-refractivity contribution in [3.8, 4) is 5.82 Å². The van der Waals surface area contributed by atoms with Gasteiger partial charge in [0, 0.05) is 37.4 Å². The molecule has 5 rings (SSSR count). The predicted molar refractivity (Wildman–Crippen MR) is 108 cm³/mol. The summed E-state index contributed by atoms with van der Waals surface area (Å²) in [6.45, 7) is 3.48. The van der Waals surface area contributed by atoms with Crippen LogP contribution >= 0.6 is 0 Å². The number of carbonyl (C=O) groups is 1. The van der Waals surface area contributed by atoms with Gasteiger partial charge in [0.25, 0.3) is 5.91 Å². The third-order valence-electron chi connectivity index (χ3n) is 6.09. The van der Waals surface area contributed by atoms with Crippen molar-refractivity contribution < 1.29 is 18.0 Å². The van der Waals surface area contributed by atoms with Crippen LogP contribution in [-0.4, -0.2) is 61.4 Å². The van der Waals surface area contributed by atoms with Crippen LogP contribution in [0.2, 0.25) is 0 Å². The van der Waals surface area contributed by atoms with Crippen LogP contribution in [0.5, 0.6) is 0 Å². The first-order chi connectivity index (χ1) is 15.3. The molecule has 2 unspecified atom stereocenters. The van der Waals surface area contributed by atoms with E-state index < -0.39 is 11.7 Å². The maximum absolute atomic E-state index is 13.4. The maximum Gasteiger partial charge on any atom is 0.416 e. The number of likely N-dealkylation sites (tertiary alicyclic amines) is 1. The van der Waals surface area contributed by atoms with E-state index in [9.17, 15) is 18.0 Å². The fourth-order valence-corrected chi connectivity index (χ4v) is 4.37. The van der Waals surface area contributed by atoms with Crippen LogP contribution < -0.4 is 4.90 Å². The van der Waals surface area contributed by atoms with E-state index in [2.05, 4.69) is 20.3 Å². The first-order valence-electron chi connectivity index (χ1n) is 10.2. The predicted octanol–water partition coefficient (Wildman–Crippen LogP) is 2.74. The van der Waals surface area contributed by atoms with Gasteiger partial charge in [-0.15, -0.1) is 5.10 Å². The van der Waals surface area contributed by atoms with Gasteiger partial charge in [0.2, 0.25) is 0 Å². The lowest BCUT2D eigenvalue weighted by Gasteiger charge is -2.53. The van der Waals surface area contributed by atoms with Crippen molar-refractivity contribution in [2.24, 2.45) is 5.92 Å². The minimum absolute atomic E-state index is 0.0995. The number of hydrogen-bond acceptors (Lipinski definition) is 6. The zero-order valence-corrected chi connectivity index (χ0v) is 17.2. The van der Waals surface area contributed by atoms with Gasteiger partial charge < -0.3 is 9.80 Å². The number of fused-ring (bicyclic) bond motifs is 1. The average molecular weight is 443 g/mol. The summed E-state index contributed by atoms with van der Waals surface area (Å²) in [5.41, 5.74) is 0.427. The van der Waals surface area contributed by atoms with Crippen LogP contribution in [-0.2, 0) is 6.18 Å². The van der Waals surface area contributed by atoms with Gasteiger partial charge in [-0.1, -0.05) is 5.21 Å². The first-order valence-corrected chi connectivity index (χ1v) is 10.2. The highest BCUT2D eigenvalue weighted by Gasteiger charge is 2.46. The number of piperidine rings is 1. The largest absolute Gasteiger partial charge is 0.416 e. The molecule has 3 aromatic rings.